The van der Waals surface area contributed by atoms with Crippen LogP contribution in [0.5, 0.6) is 0 Å². The molecule has 0 radical (unpaired) electrons. The predicted octanol–water partition coefficient (Wildman–Crippen LogP) is -0.470. The van der Waals surface area contributed by atoms with Gasteiger partial charge in [0.25, 0.3) is 5.91 Å². The molecule has 0 aromatic carbocycles. The summed E-state index contributed by atoms with van der Waals surface area (Å²) < 4.78 is 22.2. The summed E-state index contributed by atoms with van der Waals surface area (Å²) in [5.41, 5.74) is 3.05. The SMILES string of the molecule is CC(CS(C)(=O)=O)NC(=O)c1ccncc1NN. The van der Waals surface area contributed by atoms with Gasteiger partial charge >= 0.3 is 0 Å². The molecule has 1 aromatic rings. The van der Waals surface area contributed by atoms with E-state index in [0.717, 1.165) is 6.26 Å². The highest BCUT2D eigenvalue weighted by molar-refractivity contribution is 7.90. The van der Waals surface area contributed by atoms with Gasteiger partial charge in [0.15, 0.2) is 0 Å². The lowest BCUT2D eigenvalue weighted by Crippen LogP contribution is -2.37. The molecule has 0 spiro atoms. The normalized spacial score (nSPS) is 12.8. The number of hydrogen-bond acceptors (Lipinski definition) is 6. The summed E-state index contributed by atoms with van der Waals surface area (Å²) in [6.45, 7) is 1.62. The third-order valence-corrected chi connectivity index (χ3v) is 3.26. The number of amides is 1. The first-order valence-electron chi connectivity index (χ1n) is 5.22. The van der Waals surface area contributed by atoms with Crippen LogP contribution in [-0.2, 0) is 9.84 Å². The first-order valence-corrected chi connectivity index (χ1v) is 7.28. The van der Waals surface area contributed by atoms with E-state index in [4.69, 9.17) is 5.84 Å². The Morgan fingerprint density at radius 1 is 1.56 bits per heavy atom. The Bertz CT molecular complexity index is 530. The molecule has 0 aliphatic heterocycles. The van der Waals surface area contributed by atoms with Crippen molar-refractivity contribution in [2.24, 2.45) is 5.84 Å². The number of nitrogens with zero attached hydrogens (tertiary/aromatic N) is 1. The van der Waals surface area contributed by atoms with Gasteiger partial charge < -0.3 is 10.7 Å². The monoisotopic (exact) mass is 272 g/mol. The summed E-state index contributed by atoms with van der Waals surface area (Å²) in [4.78, 5) is 15.7. The Morgan fingerprint density at radius 3 is 2.78 bits per heavy atom. The molecule has 1 heterocycles. The number of carbonyl (C=O) groups is 1. The van der Waals surface area contributed by atoms with Crippen LogP contribution in [0.15, 0.2) is 18.5 Å². The zero-order chi connectivity index (χ0) is 13.8. The largest absolute Gasteiger partial charge is 0.348 e. The van der Waals surface area contributed by atoms with E-state index in [1.807, 2.05) is 0 Å². The zero-order valence-electron chi connectivity index (χ0n) is 10.2. The van der Waals surface area contributed by atoms with Crippen LogP contribution in [0, 0.1) is 0 Å². The minimum absolute atomic E-state index is 0.116. The van der Waals surface area contributed by atoms with Crippen LogP contribution >= 0.6 is 0 Å². The summed E-state index contributed by atoms with van der Waals surface area (Å²) in [6, 6.07) is 1.02. The Hall–Kier alpha value is -1.67. The van der Waals surface area contributed by atoms with Crippen LogP contribution in [0.25, 0.3) is 0 Å². The summed E-state index contributed by atoms with van der Waals surface area (Å²) >= 11 is 0. The van der Waals surface area contributed by atoms with Crippen LogP contribution in [0.1, 0.15) is 17.3 Å². The second kappa shape index (κ2) is 5.78. The molecule has 0 aliphatic carbocycles. The van der Waals surface area contributed by atoms with E-state index in [-0.39, 0.29) is 5.75 Å². The highest BCUT2D eigenvalue weighted by atomic mass is 32.2. The fourth-order valence-corrected chi connectivity index (χ4v) is 2.50. The van der Waals surface area contributed by atoms with Crippen LogP contribution in [-0.4, -0.2) is 37.4 Å². The highest BCUT2D eigenvalue weighted by Gasteiger charge is 2.16. The second-order valence-electron chi connectivity index (χ2n) is 4.03. The molecule has 1 atom stereocenters. The van der Waals surface area contributed by atoms with E-state index in [1.165, 1.54) is 18.5 Å². The molecule has 0 saturated heterocycles. The van der Waals surface area contributed by atoms with Gasteiger partial charge in [-0.25, -0.2) is 8.42 Å². The number of pyridine rings is 1. The van der Waals surface area contributed by atoms with Crippen LogP contribution < -0.4 is 16.6 Å². The van der Waals surface area contributed by atoms with Gasteiger partial charge in [0, 0.05) is 18.5 Å². The summed E-state index contributed by atoms with van der Waals surface area (Å²) in [5.74, 6) is 4.74. The number of sulfone groups is 1. The van der Waals surface area contributed by atoms with Crippen molar-refractivity contribution in [1.29, 1.82) is 0 Å². The number of hydrogen-bond donors (Lipinski definition) is 3. The number of nitrogen functional groups attached to an aromatic ring is 1. The average molecular weight is 272 g/mol. The van der Waals surface area contributed by atoms with E-state index in [2.05, 4.69) is 15.7 Å². The molecule has 1 aromatic heterocycles. The van der Waals surface area contributed by atoms with E-state index in [9.17, 15) is 13.2 Å². The van der Waals surface area contributed by atoms with Gasteiger partial charge in [0.2, 0.25) is 0 Å². The minimum Gasteiger partial charge on any atom is -0.348 e. The summed E-state index contributed by atoms with van der Waals surface area (Å²) in [6.07, 6.45) is 3.99. The van der Waals surface area contributed by atoms with E-state index >= 15 is 0 Å². The lowest BCUT2D eigenvalue weighted by Gasteiger charge is -2.14. The minimum atomic E-state index is -3.13. The van der Waals surface area contributed by atoms with Gasteiger partial charge in [0.1, 0.15) is 9.84 Å². The number of carbonyl (C=O) groups excluding carboxylic acids is 1. The quantitative estimate of drug-likeness (QED) is 0.493. The van der Waals surface area contributed by atoms with Crippen LogP contribution in [0.3, 0.4) is 0 Å². The summed E-state index contributed by atoms with van der Waals surface area (Å²) in [7, 11) is -3.13. The molecule has 7 nitrogen and oxygen atoms in total. The van der Waals surface area contributed by atoms with Crippen molar-refractivity contribution in [2.75, 3.05) is 17.4 Å². The smallest absolute Gasteiger partial charge is 0.253 e. The van der Waals surface area contributed by atoms with E-state index in [1.54, 1.807) is 6.92 Å². The Kier molecular flexibility index (Phi) is 4.62. The molecule has 4 N–H and O–H groups in total. The number of nitrogens with two attached hydrogens (primary N) is 1. The number of rotatable bonds is 5. The Labute approximate surface area is 106 Å². The first kappa shape index (κ1) is 14.4. The van der Waals surface area contributed by atoms with E-state index < -0.39 is 21.8 Å². The summed E-state index contributed by atoms with van der Waals surface area (Å²) in [5, 5.41) is 2.59. The molecule has 100 valence electrons. The number of hydrazine groups is 1. The van der Waals surface area contributed by atoms with Crippen molar-refractivity contribution in [2.45, 2.75) is 13.0 Å². The van der Waals surface area contributed by atoms with Crippen LogP contribution in [0.4, 0.5) is 5.69 Å². The van der Waals surface area contributed by atoms with Gasteiger partial charge in [-0.05, 0) is 13.0 Å². The Morgan fingerprint density at radius 2 is 2.22 bits per heavy atom. The molecule has 8 heteroatoms. The van der Waals surface area contributed by atoms with Gasteiger partial charge in [-0.15, -0.1) is 0 Å². The highest BCUT2D eigenvalue weighted by Crippen LogP contribution is 2.11. The third-order valence-electron chi connectivity index (χ3n) is 2.15. The fraction of sp³-hybridized carbons (Fsp3) is 0.400. The maximum Gasteiger partial charge on any atom is 0.253 e. The topological polar surface area (TPSA) is 114 Å². The average Bonchev–Trinajstić information content (AvgIpc) is 2.26. The van der Waals surface area contributed by atoms with Gasteiger partial charge in [-0.3, -0.25) is 15.6 Å². The number of aromatic nitrogens is 1. The van der Waals surface area contributed by atoms with Crippen molar-refractivity contribution >= 4 is 21.4 Å². The molecule has 0 bridgehead atoms. The van der Waals surface area contributed by atoms with Gasteiger partial charge in [-0.2, -0.15) is 0 Å². The third kappa shape index (κ3) is 4.30. The molecule has 1 amide bonds. The van der Waals surface area contributed by atoms with Crippen molar-refractivity contribution in [1.82, 2.24) is 10.3 Å². The van der Waals surface area contributed by atoms with Crippen molar-refractivity contribution in [3.63, 3.8) is 0 Å². The predicted molar refractivity (Wildman–Crippen MR) is 68.7 cm³/mol. The standard InChI is InChI=1S/C10H16N4O3S/c1-7(6-18(2,16)17)13-10(15)8-3-4-12-5-9(8)14-11/h3-5,7,14H,6,11H2,1-2H3,(H,13,15). The molecule has 18 heavy (non-hydrogen) atoms. The molecule has 1 rings (SSSR count). The number of anilines is 1. The lowest BCUT2D eigenvalue weighted by molar-refractivity contribution is 0.0944. The van der Waals surface area contributed by atoms with Crippen molar-refractivity contribution in [3.8, 4) is 0 Å². The molecule has 1 unspecified atom stereocenters. The van der Waals surface area contributed by atoms with Crippen molar-refractivity contribution < 1.29 is 13.2 Å². The zero-order valence-corrected chi connectivity index (χ0v) is 11.0. The van der Waals surface area contributed by atoms with E-state index in [0.29, 0.717) is 11.3 Å². The first-order chi connectivity index (χ1) is 8.33. The van der Waals surface area contributed by atoms with Crippen molar-refractivity contribution in [3.05, 3.63) is 24.0 Å². The fourth-order valence-electron chi connectivity index (χ4n) is 1.50. The maximum atomic E-state index is 11.9. The van der Waals surface area contributed by atoms with Gasteiger partial charge in [0.05, 0.1) is 23.2 Å². The van der Waals surface area contributed by atoms with Crippen LogP contribution in [0.2, 0.25) is 0 Å². The molecular weight excluding hydrogens is 256 g/mol. The lowest BCUT2D eigenvalue weighted by atomic mass is 10.2. The molecule has 0 aliphatic rings. The molecule has 0 saturated carbocycles. The van der Waals surface area contributed by atoms with Gasteiger partial charge in [-0.1, -0.05) is 0 Å². The Balaban J connectivity index is 2.77. The maximum absolute atomic E-state index is 11.9. The number of nitrogens with one attached hydrogen (secondary N) is 2. The molecule has 0 fully saturated rings. The second-order valence-corrected chi connectivity index (χ2v) is 6.22. The molecular formula is C10H16N4O3S.